The van der Waals surface area contributed by atoms with E-state index in [0.717, 1.165) is 4.31 Å². The summed E-state index contributed by atoms with van der Waals surface area (Å²) in [5.41, 5.74) is -0.179. The van der Waals surface area contributed by atoms with Crippen LogP contribution in [0.25, 0.3) is 0 Å². The van der Waals surface area contributed by atoms with Crippen molar-refractivity contribution in [3.63, 3.8) is 0 Å². The van der Waals surface area contributed by atoms with E-state index < -0.39 is 16.2 Å². The SMILES string of the molecule is CN(CCC(=O)O)S(=O)(=O)NC1C(C)(C)C1(C)C. The van der Waals surface area contributed by atoms with Crippen LogP contribution in [0, 0.1) is 10.8 Å². The maximum Gasteiger partial charge on any atom is 0.304 e. The highest BCUT2D eigenvalue weighted by molar-refractivity contribution is 7.87. The number of hydrogen-bond acceptors (Lipinski definition) is 3. The van der Waals surface area contributed by atoms with Gasteiger partial charge in [-0.15, -0.1) is 0 Å². The zero-order valence-corrected chi connectivity index (χ0v) is 12.3. The molecule has 1 rings (SSSR count). The van der Waals surface area contributed by atoms with Crippen molar-refractivity contribution >= 4 is 16.2 Å². The minimum absolute atomic E-state index is 0.0295. The molecule has 1 fully saturated rings. The molecule has 0 heterocycles. The van der Waals surface area contributed by atoms with Gasteiger partial charge in [-0.2, -0.15) is 17.4 Å². The summed E-state index contributed by atoms with van der Waals surface area (Å²) in [6.07, 6.45) is -0.200. The van der Waals surface area contributed by atoms with Crippen LogP contribution in [-0.2, 0) is 15.0 Å². The van der Waals surface area contributed by atoms with Gasteiger partial charge in [-0.25, -0.2) is 0 Å². The Labute approximate surface area is 109 Å². The molecule has 0 atom stereocenters. The molecule has 0 unspecified atom stereocenters. The van der Waals surface area contributed by atoms with Crippen molar-refractivity contribution in [2.75, 3.05) is 13.6 Å². The Morgan fingerprint density at radius 3 is 2.06 bits per heavy atom. The average Bonchev–Trinajstić information content (AvgIpc) is 2.56. The van der Waals surface area contributed by atoms with Gasteiger partial charge in [0.25, 0.3) is 10.2 Å². The first-order valence-corrected chi connectivity index (χ1v) is 7.32. The van der Waals surface area contributed by atoms with Crippen LogP contribution in [0.5, 0.6) is 0 Å². The second-order valence-corrected chi connectivity index (χ2v) is 7.77. The predicted molar refractivity (Wildman–Crippen MR) is 68.3 cm³/mol. The Balaban J connectivity index is 2.64. The lowest BCUT2D eigenvalue weighted by atomic mass is 10.0. The van der Waals surface area contributed by atoms with Crippen LogP contribution in [0.1, 0.15) is 34.1 Å². The van der Waals surface area contributed by atoms with Gasteiger partial charge in [-0.1, -0.05) is 27.7 Å². The van der Waals surface area contributed by atoms with E-state index in [0.29, 0.717) is 0 Å². The second kappa shape index (κ2) is 4.47. The quantitative estimate of drug-likeness (QED) is 0.747. The molecule has 0 spiro atoms. The van der Waals surface area contributed by atoms with Gasteiger partial charge in [0.05, 0.1) is 6.42 Å². The first kappa shape index (κ1) is 15.4. The fraction of sp³-hybridized carbons (Fsp3) is 0.909. The van der Waals surface area contributed by atoms with E-state index in [-0.39, 0.29) is 29.8 Å². The summed E-state index contributed by atoms with van der Waals surface area (Å²) in [7, 11) is -2.23. The van der Waals surface area contributed by atoms with Crippen LogP contribution in [0.15, 0.2) is 0 Å². The summed E-state index contributed by atoms with van der Waals surface area (Å²) in [5, 5.41) is 8.55. The number of nitrogens with zero attached hydrogens (tertiary/aromatic N) is 1. The molecule has 2 N–H and O–H groups in total. The van der Waals surface area contributed by atoms with Crippen molar-refractivity contribution in [3.8, 4) is 0 Å². The molecule has 0 aromatic carbocycles. The molecule has 0 radical (unpaired) electrons. The summed E-state index contributed by atoms with van der Waals surface area (Å²) in [4.78, 5) is 10.4. The normalized spacial score (nSPS) is 22.1. The molecule has 106 valence electrons. The lowest BCUT2D eigenvalue weighted by Gasteiger charge is -2.17. The third-order valence-electron chi connectivity index (χ3n) is 4.34. The fourth-order valence-electron chi connectivity index (χ4n) is 2.10. The van der Waals surface area contributed by atoms with E-state index in [1.807, 2.05) is 27.7 Å². The Hall–Kier alpha value is -0.660. The fourth-order valence-corrected chi connectivity index (χ4v) is 3.50. The minimum Gasteiger partial charge on any atom is -0.481 e. The monoisotopic (exact) mass is 278 g/mol. The number of nitrogens with one attached hydrogen (secondary N) is 1. The highest BCUT2D eigenvalue weighted by Crippen LogP contribution is 2.62. The molecule has 1 aliphatic rings. The largest absolute Gasteiger partial charge is 0.481 e. The van der Waals surface area contributed by atoms with Gasteiger partial charge in [0, 0.05) is 19.6 Å². The van der Waals surface area contributed by atoms with Crippen LogP contribution in [0.3, 0.4) is 0 Å². The molecule has 0 bridgehead atoms. The number of carbonyl (C=O) groups is 1. The molecule has 7 heteroatoms. The van der Waals surface area contributed by atoms with Gasteiger partial charge in [-0.3, -0.25) is 4.79 Å². The van der Waals surface area contributed by atoms with E-state index in [2.05, 4.69) is 4.72 Å². The maximum absolute atomic E-state index is 12.0. The summed E-state index contributed by atoms with van der Waals surface area (Å²) in [6, 6.07) is -0.123. The maximum atomic E-state index is 12.0. The molecular weight excluding hydrogens is 256 g/mol. The van der Waals surface area contributed by atoms with Gasteiger partial charge < -0.3 is 5.11 Å². The van der Waals surface area contributed by atoms with Crippen LogP contribution in [-0.4, -0.2) is 43.4 Å². The molecule has 18 heavy (non-hydrogen) atoms. The average molecular weight is 278 g/mol. The first-order chi connectivity index (χ1) is 7.93. The van der Waals surface area contributed by atoms with E-state index in [9.17, 15) is 13.2 Å². The topological polar surface area (TPSA) is 86.7 Å². The van der Waals surface area contributed by atoms with Gasteiger partial charge in [-0.05, 0) is 10.8 Å². The minimum atomic E-state index is -3.61. The Bertz CT molecular complexity index is 428. The highest BCUT2D eigenvalue weighted by atomic mass is 32.2. The van der Waals surface area contributed by atoms with E-state index in [1.165, 1.54) is 7.05 Å². The summed E-state index contributed by atoms with van der Waals surface area (Å²) in [5.74, 6) is -1.01. The van der Waals surface area contributed by atoms with Crippen molar-refractivity contribution in [1.29, 1.82) is 0 Å². The standard InChI is InChI=1S/C11H22N2O4S/c1-10(2)9(11(10,3)4)12-18(16,17)13(5)7-6-8(14)15/h9,12H,6-7H2,1-5H3,(H,14,15). The van der Waals surface area contributed by atoms with Crippen LogP contribution < -0.4 is 4.72 Å². The molecule has 1 saturated carbocycles. The number of rotatable bonds is 6. The van der Waals surface area contributed by atoms with E-state index in [1.54, 1.807) is 0 Å². The van der Waals surface area contributed by atoms with Crippen LogP contribution >= 0.6 is 0 Å². The van der Waals surface area contributed by atoms with Crippen LogP contribution in [0.4, 0.5) is 0 Å². The molecule has 0 saturated heterocycles. The third-order valence-corrected chi connectivity index (χ3v) is 5.88. The lowest BCUT2D eigenvalue weighted by molar-refractivity contribution is -0.137. The van der Waals surface area contributed by atoms with Crippen LogP contribution in [0.2, 0.25) is 0 Å². The molecule has 0 aromatic heterocycles. The number of carboxylic acids is 1. The molecule has 6 nitrogen and oxygen atoms in total. The second-order valence-electron chi connectivity index (χ2n) is 5.96. The third kappa shape index (κ3) is 2.67. The highest BCUT2D eigenvalue weighted by Gasteiger charge is 2.66. The zero-order valence-electron chi connectivity index (χ0n) is 11.5. The number of aliphatic carboxylic acids is 1. The Morgan fingerprint density at radius 2 is 1.72 bits per heavy atom. The Kier molecular flexibility index (Phi) is 3.82. The van der Waals surface area contributed by atoms with Gasteiger partial charge in [0.1, 0.15) is 0 Å². The Morgan fingerprint density at radius 1 is 1.28 bits per heavy atom. The molecule has 1 aliphatic carbocycles. The number of carboxylic acid groups (broad SMARTS) is 1. The molecule has 0 aliphatic heterocycles. The van der Waals surface area contributed by atoms with Crippen molar-refractivity contribution in [1.82, 2.24) is 9.03 Å². The van der Waals surface area contributed by atoms with Crippen molar-refractivity contribution in [3.05, 3.63) is 0 Å². The molecule has 0 amide bonds. The number of hydrogen-bond donors (Lipinski definition) is 2. The van der Waals surface area contributed by atoms with E-state index >= 15 is 0 Å². The summed E-state index contributed by atoms with van der Waals surface area (Å²) < 4.78 is 27.7. The smallest absolute Gasteiger partial charge is 0.304 e. The molecular formula is C11H22N2O4S. The van der Waals surface area contributed by atoms with Gasteiger partial charge >= 0.3 is 5.97 Å². The lowest BCUT2D eigenvalue weighted by Crippen LogP contribution is -2.42. The van der Waals surface area contributed by atoms with Gasteiger partial charge in [0.15, 0.2) is 0 Å². The summed E-state index contributed by atoms with van der Waals surface area (Å²) in [6.45, 7) is 8.02. The summed E-state index contributed by atoms with van der Waals surface area (Å²) >= 11 is 0. The predicted octanol–water partition coefficient (Wildman–Crippen LogP) is 0.662. The van der Waals surface area contributed by atoms with Crippen molar-refractivity contribution in [2.24, 2.45) is 10.8 Å². The van der Waals surface area contributed by atoms with Crippen molar-refractivity contribution < 1.29 is 18.3 Å². The zero-order chi connectivity index (χ0) is 14.4. The van der Waals surface area contributed by atoms with Gasteiger partial charge in [0.2, 0.25) is 0 Å². The van der Waals surface area contributed by atoms with E-state index in [4.69, 9.17) is 5.11 Å². The first-order valence-electron chi connectivity index (χ1n) is 5.88. The van der Waals surface area contributed by atoms with Crippen molar-refractivity contribution in [2.45, 2.75) is 40.2 Å². The molecule has 0 aromatic rings.